The fourth-order valence-electron chi connectivity index (χ4n) is 2.48. The topological polar surface area (TPSA) is 0 Å². The van der Waals surface area contributed by atoms with Crippen LogP contribution >= 0.6 is 23.5 Å². The van der Waals surface area contributed by atoms with Crippen LogP contribution in [0.3, 0.4) is 0 Å². The Labute approximate surface area is 174 Å². The molecule has 10 heteroatoms. The van der Waals surface area contributed by atoms with E-state index in [0.29, 0.717) is 34.7 Å². The first-order valence-electron chi connectivity index (χ1n) is 8.18. The van der Waals surface area contributed by atoms with Crippen LogP contribution in [0.1, 0.15) is 11.1 Å². The Bertz CT molecular complexity index is 966. The fraction of sp³-hybridized carbons (Fsp3) is 0.100. The van der Waals surface area contributed by atoms with Gasteiger partial charge in [-0.2, -0.15) is 0 Å². The molecule has 0 saturated carbocycles. The molecule has 0 bridgehead atoms. The number of thioether (sulfide) groups is 2. The summed E-state index contributed by atoms with van der Waals surface area (Å²) in [5, 5.41) is 0. The first-order chi connectivity index (χ1) is 14.2. The van der Waals surface area contributed by atoms with E-state index < -0.39 is 56.3 Å². The zero-order chi connectivity index (χ0) is 22.0. The Kier molecular flexibility index (Phi) is 6.97. The van der Waals surface area contributed by atoms with Crippen LogP contribution in [0, 0.1) is 46.5 Å². The predicted octanol–water partition coefficient (Wildman–Crippen LogP) is 7.38. The molecule has 0 fully saturated rings. The lowest BCUT2D eigenvalue weighted by Crippen LogP contribution is -1.98. The molecule has 0 saturated heterocycles. The lowest BCUT2D eigenvalue weighted by molar-refractivity contribution is 0.426. The molecule has 0 aliphatic carbocycles. The summed E-state index contributed by atoms with van der Waals surface area (Å²) in [5.41, 5.74) is 0.987. The molecule has 0 spiro atoms. The molecule has 30 heavy (non-hydrogen) atoms. The molecule has 0 radical (unpaired) electrons. The maximum atomic E-state index is 13.7. The van der Waals surface area contributed by atoms with E-state index in [4.69, 9.17) is 0 Å². The van der Waals surface area contributed by atoms with Crippen LogP contribution in [0.25, 0.3) is 0 Å². The van der Waals surface area contributed by atoms with Crippen molar-refractivity contribution in [2.45, 2.75) is 21.3 Å². The van der Waals surface area contributed by atoms with E-state index in [-0.39, 0.29) is 23.6 Å². The van der Waals surface area contributed by atoms with Gasteiger partial charge < -0.3 is 0 Å². The molecule has 0 aliphatic heterocycles. The molecule has 158 valence electrons. The third kappa shape index (κ3) is 4.75. The summed E-state index contributed by atoms with van der Waals surface area (Å²) in [5.74, 6) is -12.2. The maximum absolute atomic E-state index is 13.7. The predicted molar refractivity (Wildman–Crippen MR) is 98.1 cm³/mol. The van der Waals surface area contributed by atoms with Crippen molar-refractivity contribution >= 4 is 23.5 Å². The minimum absolute atomic E-state index is 0.0629. The lowest BCUT2D eigenvalue weighted by Gasteiger charge is -2.09. The molecule has 0 nitrogen and oxygen atoms in total. The number of rotatable bonds is 6. The summed E-state index contributed by atoms with van der Waals surface area (Å²) in [6.07, 6.45) is 0. The zero-order valence-electron chi connectivity index (χ0n) is 14.7. The fourth-order valence-corrected chi connectivity index (χ4v) is 4.35. The summed E-state index contributed by atoms with van der Waals surface area (Å²) >= 11 is 1.06. The van der Waals surface area contributed by atoms with Gasteiger partial charge in [0.15, 0.2) is 46.5 Å². The summed E-state index contributed by atoms with van der Waals surface area (Å²) in [7, 11) is 0. The van der Waals surface area contributed by atoms with Crippen LogP contribution < -0.4 is 0 Å². The molecule has 0 amide bonds. The average Bonchev–Trinajstić information content (AvgIpc) is 2.71. The molecule has 3 aromatic rings. The van der Waals surface area contributed by atoms with Crippen molar-refractivity contribution in [2.75, 3.05) is 0 Å². The highest BCUT2D eigenvalue weighted by atomic mass is 32.2. The van der Waals surface area contributed by atoms with Gasteiger partial charge in [0.25, 0.3) is 0 Å². The minimum atomic E-state index is -1.52. The van der Waals surface area contributed by atoms with Gasteiger partial charge in [0.05, 0.1) is 9.79 Å². The van der Waals surface area contributed by atoms with Crippen LogP contribution in [-0.4, -0.2) is 0 Å². The largest absolute Gasteiger partial charge is 0.204 e. The van der Waals surface area contributed by atoms with Crippen molar-refractivity contribution in [1.82, 2.24) is 0 Å². The monoisotopic (exact) mass is 466 g/mol. The highest BCUT2D eigenvalue weighted by molar-refractivity contribution is 7.98. The van der Waals surface area contributed by atoms with Gasteiger partial charge in [-0.25, -0.2) is 35.1 Å². The van der Waals surface area contributed by atoms with Crippen LogP contribution in [-0.2, 0) is 11.5 Å². The molecule has 3 aromatic carbocycles. The minimum Gasteiger partial charge on any atom is -0.204 e. The second kappa shape index (κ2) is 9.30. The average molecular weight is 466 g/mol. The molecular formula is C20H10F8S2. The number of benzene rings is 3. The normalized spacial score (nSPS) is 11.2. The van der Waals surface area contributed by atoms with Gasteiger partial charge in [0, 0.05) is 23.6 Å². The summed E-state index contributed by atoms with van der Waals surface area (Å²) in [6.45, 7) is 0. The molecule has 0 aromatic heterocycles. The summed E-state index contributed by atoms with van der Waals surface area (Å²) in [6, 6.07) is 6.42. The van der Waals surface area contributed by atoms with E-state index >= 15 is 0 Å². The first-order valence-corrected chi connectivity index (χ1v) is 10.2. The Hall–Kier alpha value is -2.20. The van der Waals surface area contributed by atoms with E-state index in [1.165, 1.54) is 6.07 Å². The Morgan fingerprint density at radius 2 is 0.833 bits per heavy atom. The molecular weight excluding hydrogens is 456 g/mol. The van der Waals surface area contributed by atoms with Crippen LogP contribution in [0.15, 0.2) is 46.2 Å². The summed E-state index contributed by atoms with van der Waals surface area (Å²) in [4.78, 5) is -1.63. The van der Waals surface area contributed by atoms with Gasteiger partial charge in [-0.1, -0.05) is 24.3 Å². The van der Waals surface area contributed by atoms with Crippen molar-refractivity contribution in [2.24, 2.45) is 0 Å². The Morgan fingerprint density at radius 3 is 1.17 bits per heavy atom. The van der Waals surface area contributed by atoms with Gasteiger partial charge in [0.1, 0.15) is 0 Å². The smallest absolute Gasteiger partial charge is 0.175 e. The van der Waals surface area contributed by atoms with E-state index in [0.717, 1.165) is 0 Å². The Morgan fingerprint density at radius 1 is 0.500 bits per heavy atom. The van der Waals surface area contributed by atoms with Gasteiger partial charge in [-0.3, -0.25) is 0 Å². The van der Waals surface area contributed by atoms with Crippen molar-refractivity contribution < 1.29 is 35.1 Å². The van der Waals surface area contributed by atoms with Gasteiger partial charge >= 0.3 is 0 Å². The summed E-state index contributed by atoms with van der Waals surface area (Å²) < 4.78 is 108. The van der Waals surface area contributed by atoms with Crippen molar-refractivity contribution in [3.05, 3.63) is 94.1 Å². The molecule has 0 unspecified atom stereocenters. The maximum Gasteiger partial charge on any atom is 0.175 e. The van der Waals surface area contributed by atoms with Crippen LogP contribution in [0.4, 0.5) is 35.1 Å². The molecule has 0 N–H and O–H groups in total. The third-order valence-corrected chi connectivity index (χ3v) is 6.15. The molecule has 0 atom stereocenters. The quantitative estimate of drug-likeness (QED) is 0.211. The first kappa shape index (κ1) is 22.5. The molecule has 0 heterocycles. The zero-order valence-corrected chi connectivity index (χ0v) is 16.4. The highest BCUT2D eigenvalue weighted by Crippen LogP contribution is 2.33. The van der Waals surface area contributed by atoms with Crippen LogP contribution in [0.2, 0.25) is 0 Å². The van der Waals surface area contributed by atoms with E-state index in [2.05, 4.69) is 0 Å². The molecule has 3 rings (SSSR count). The van der Waals surface area contributed by atoms with Crippen LogP contribution in [0.5, 0.6) is 0 Å². The standard InChI is InChI=1S/C20H10F8S2/c21-11-5-12(22)16(26)19(15(11)25)29-7-9-2-1-3-10(4-9)8-30-20-17(27)13(23)6-14(24)18(20)28/h1-6H,7-8H2. The number of hydrogen-bond donors (Lipinski definition) is 0. The van der Waals surface area contributed by atoms with Gasteiger partial charge in [-0.05, 0) is 11.1 Å². The SMILES string of the molecule is Fc1cc(F)c(F)c(SCc2cccc(CSc3c(F)c(F)cc(F)c3F)c2)c1F. The van der Waals surface area contributed by atoms with E-state index in [1.807, 2.05) is 0 Å². The third-order valence-electron chi connectivity index (χ3n) is 3.90. The van der Waals surface area contributed by atoms with Gasteiger partial charge in [-0.15, -0.1) is 23.5 Å². The van der Waals surface area contributed by atoms with Crippen molar-refractivity contribution in [3.8, 4) is 0 Å². The van der Waals surface area contributed by atoms with Crippen molar-refractivity contribution in [3.63, 3.8) is 0 Å². The Balaban J connectivity index is 1.74. The molecule has 0 aliphatic rings. The van der Waals surface area contributed by atoms with Crippen molar-refractivity contribution in [1.29, 1.82) is 0 Å². The highest BCUT2D eigenvalue weighted by Gasteiger charge is 2.21. The lowest BCUT2D eigenvalue weighted by atomic mass is 10.2. The number of hydrogen-bond acceptors (Lipinski definition) is 2. The second-order valence-electron chi connectivity index (χ2n) is 5.99. The number of halogens is 8. The van der Waals surface area contributed by atoms with Gasteiger partial charge in [0.2, 0.25) is 0 Å². The second-order valence-corrected chi connectivity index (χ2v) is 7.96. The van der Waals surface area contributed by atoms with E-state index in [1.54, 1.807) is 18.2 Å². The van der Waals surface area contributed by atoms with E-state index in [9.17, 15) is 35.1 Å².